The van der Waals surface area contributed by atoms with Crippen LogP contribution in [0.15, 0.2) is 41.3 Å². The third-order valence-electron chi connectivity index (χ3n) is 7.35. The van der Waals surface area contributed by atoms with Crippen LogP contribution in [0.3, 0.4) is 0 Å². The lowest BCUT2D eigenvalue weighted by Gasteiger charge is -2.31. The molecule has 10 heteroatoms. The van der Waals surface area contributed by atoms with Crippen molar-refractivity contribution in [2.45, 2.75) is 84.9 Å². The molecule has 0 unspecified atom stereocenters. The van der Waals surface area contributed by atoms with Crippen molar-refractivity contribution < 1.29 is 19.4 Å². The molecular formula is C30H39ClN4O5. The number of anilines is 1. The van der Waals surface area contributed by atoms with E-state index in [-0.39, 0.29) is 49.7 Å². The van der Waals surface area contributed by atoms with Crippen molar-refractivity contribution in [1.82, 2.24) is 14.0 Å². The Bertz CT molecular complexity index is 1410. The topological polar surface area (TPSA) is 106 Å². The number of unbranched alkanes of at least 4 members (excludes halogenated alkanes) is 2. The van der Waals surface area contributed by atoms with Crippen LogP contribution in [0, 0.1) is 5.41 Å². The molecule has 4 rings (SSSR count). The van der Waals surface area contributed by atoms with Gasteiger partial charge >= 0.3 is 5.97 Å². The van der Waals surface area contributed by atoms with Crippen LogP contribution in [0.5, 0.6) is 0 Å². The van der Waals surface area contributed by atoms with E-state index in [1.54, 1.807) is 25.3 Å². The van der Waals surface area contributed by atoms with Crippen LogP contribution in [-0.4, -0.2) is 56.1 Å². The Balaban J connectivity index is 1.73. The summed E-state index contributed by atoms with van der Waals surface area (Å²) in [6.07, 6.45) is 4.41. The first-order valence-corrected chi connectivity index (χ1v) is 14.4. The zero-order valence-corrected chi connectivity index (χ0v) is 24.5. The third-order valence-corrected chi connectivity index (χ3v) is 7.60. The number of esters is 1. The molecule has 0 aliphatic carbocycles. The molecule has 0 bridgehead atoms. The number of fused-ring (bicyclic) bond motifs is 1. The Kier molecular flexibility index (Phi) is 9.36. The van der Waals surface area contributed by atoms with Crippen LogP contribution >= 0.6 is 11.6 Å². The molecule has 1 N–H and O–H groups in total. The zero-order valence-electron chi connectivity index (χ0n) is 23.7. The number of benzene rings is 1. The van der Waals surface area contributed by atoms with E-state index in [9.17, 15) is 19.5 Å². The quantitative estimate of drug-likeness (QED) is 0.244. The summed E-state index contributed by atoms with van der Waals surface area (Å²) >= 11 is 6.07. The van der Waals surface area contributed by atoms with Gasteiger partial charge in [0.15, 0.2) is 5.78 Å². The first kappa shape index (κ1) is 29.8. The molecule has 1 fully saturated rings. The molecule has 3 heterocycles. The van der Waals surface area contributed by atoms with Gasteiger partial charge in [-0.2, -0.15) is 0 Å². The number of β-amino-alcohol motifs (C(OH)–C–C–N with tert-alkyl or cyclic N) is 1. The minimum Gasteiger partial charge on any atom is -0.466 e. The Morgan fingerprint density at radius 1 is 1.15 bits per heavy atom. The third kappa shape index (κ3) is 6.75. The van der Waals surface area contributed by atoms with Crippen molar-refractivity contribution in [3.05, 3.63) is 51.9 Å². The maximum atomic E-state index is 13.6. The van der Waals surface area contributed by atoms with Crippen molar-refractivity contribution >= 4 is 34.9 Å². The summed E-state index contributed by atoms with van der Waals surface area (Å²) in [5, 5.41) is 11.3. The minimum absolute atomic E-state index is 0.0801. The van der Waals surface area contributed by atoms with Gasteiger partial charge in [0.25, 0.3) is 5.56 Å². The van der Waals surface area contributed by atoms with Gasteiger partial charge < -0.3 is 14.7 Å². The maximum Gasteiger partial charge on any atom is 0.306 e. The van der Waals surface area contributed by atoms with Crippen molar-refractivity contribution in [3.63, 3.8) is 0 Å². The summed E-state index contributed by atoms with van der Waals surface area (Å²) in [6, 6.07) is 8.20. The molecule has 1 aliphatic heterocycles. The summed E-state index contributed by atoms with van der Waals surface area (Å²) in [6.45, 7) is 8.73. The van der Waals surface area contributed by atoms with Gasteiger partial charge in [-0.15, -0.1) is 0 Å². The summed E-state index contributed by atoms with van der Waals surface area (Å²) in [5.41, 5.74) is 0.608. The number of imidazole rings is 1. The highest BCUT2D eigenvalue weighted by Crippen LogP contribution is 2.33. The van der Waals surface area contributed by atoms with E-state index in [2.05, 4.69) is 6.92 Å². The van der Waals surface area contributed by atoms with Crippen molar-refractivity contribution in [2.75, 3.05) is 18.1 Å². The summed E-state index contributed by atoms with van der Waals surface area (Å²) < 4.78 is 8.61. The number of Topliss-reactive ketones (excluding diaryl/α,β-unsaturated/α-hetero) is 1. The van der Waals surface area contributed by atoms with Crippen molar-refractivity contribution in [2.24, 2.45) is 5.41 Å². The number of ether oxygens (including phenoxy) is 1. The highest BCUT2D eigenvalue weighted by molar-refractivity contribution is 6.30. The number of hydrogen-bond acceptors (Lipinski definition) is 7. The fourth-order valence-corrected chi connectivity index (χ4v) is 5.57. The van der Waals surface area contributed by atoms with Gasteiger partial charge in [-0.05, 0) is 30.9 Å². The molecule has 1 aliphatic rings. The SMILES string of the molecule is CCCCCn1c(N2C[C@@H](O)C[C@H]2C(=O)CC(C)(C)CC(=O)OCC)cc(=O)n2cc(-c3ccc(Cl)cc3)nc12. The molecule has 40 heavy (non-hydrogen) atoms. The zero-order chi connectivity index (χ0) is 29.0. The molecule has 0 radical (unpaired) electrons. The summed E-state index contributed by atoms with van der Waals surface area (Å²) in [7, 11) is 0. The standard InChI is InChI=1S/C30H39ClN4O5/c1-5-7-8-13-33-26(15-27(38)35-19-23(32-29(33)35)20-9-11-21(31)12-10-20)34-18-22(36)14-24(34)25(37)16-30(3,4)17-28(39)40-6-2/h9-12,15,19,22,24,36H,5-8,13-14,16-18H2,1-4H3/t22-,24-/m0/s1. The maximum absolute atomic E-state index is 13.6. The number of aliphatic hydroxyl groups excluding tert-OH is 1. The fourth-order valence-electron chi connectivity index (χ4n) is 5.44. The molecule has 9 nitrogen and oxygen atoms in total. The second kappa shape index (κ2) is 12.6. The predicted molar refractivity (Wildman–Crippen MR) is 156 cm³/mol. The van der Waals surface area contributed by atoms with Crippen molar-refractivity contribution in [1.29, 1.82) is 0 Å². The molecule has 2 atom stereocenters. The van der Waals surface area contributed by atoms with Crippen LogP contribution in [0.2, 0.25) is 5.02 Å². The van der Waals surface area contributed by atoms with Gasteiger partial charge in [-0.25, -0.2) is 4.98 Å². The first-order valence-electron chi connectivity index (χ1n) is 14.0. The molecule has 0 amide bonds. The lowest BCUT2D eigenvalue weighted by atomic mass is 9.82. The van der Waals surface area contributed by atoms with Gasteiger partial charge in [0.1, 0.15) is 5.82 Å². The number of halogens is 1. The molecule has 216 valence electrons. The summed E-state index contributed by atoms with van der Waals surface area (Å²) in [4.78, 5) is 45.8. The number of rotatable bonds is 12. The van der Waals surface area contributed by atoms with E-state index < -0.39 is 17.6 Å². The number of aromatic nitrogens is 3. The number of ketones is 1. The monoisotopic (exact) mass is 570 g/mol. The second-order valence-electron chi connectivity index (χ2n) is 11.3. The van der Waals surface area contributed by atoms with Crippen LogP contribution in [0.1, 0.15) is 66.2 Å². The molecular weight excluding hydrogens is 532 g/mol. The van der Waals surface area contributed by atoms with Gasteiger partial charge in [-0.3, -0.25) is 23.4 Å². The molecule has 0 saturated carbocycles. The highest BCUT2D eigenvalue weighted by atomic mass is 35.5. The number of aliphatic hydroxyl groups is 1. The van der Waals surface area contributed by atoms with Crippen LogP contribution in [0.25, 0.3) is 17.0 Å². The normalized spacial score (nSPS) is 17.5. The fraction of sp³-hybridized carbons (Fsp3) is 0.533. The van der Waals surface area contributed by atoms with E-state index in [1.165, 1.54) is 10.5 Å². The first-order chi connectivity index (χ1) is 19.0. The van der Waals surface area contributed by atoms with Gasteiger partial charge in [0, 0.05) is 48.8 Å². The van der Waals surface area contributed by atoms with E-state index in [1.807, 2.05) is 35.4 Å². The molecule has 2 aromatic heterocycles. The van der Waals surface area contributed by atoms with Crippen LogP contribution < -0.4 is 10.5 Å². The second-order valence-corrected chi connectivity index (χ2v) is 11.8. The number of nitrogens with zero attached hydrogens (tertiary/aromatic N) is 4. The summed E-state index contributed by atoms with van der Waals surface area (Å²) in [5.74, 6) is 0.636. The molecule has 1 aromatic carbocycles. The minimum atomic E-state index is -0.720. The lowest BCUT2D eigenvalue weighted by molar-refractivity contribution is -0.145. The highest BCUT2D eigenvalue weighted by Gasteiger charge is 2.40. The number of hydrogen-bond donors (Lipinski definition) is 1. The van der Waals surface area contributed by atoms with Crippen molar-refractivity contribution in [3.8, 4) is 11.3 Å². The van der Waals surface area contributed by atoms with E-state index in [0.29, 0.717) is 28.9 Å². The van der Waals surface area contributed by atoms with E-state index in [4.69, 9.17) is 21.3 Å². The number of carbonyl (C=O) groups is 2. The smallest absolute Gasteiger partial charge is 0.306 e. The van der Waals surface area contributed by atoms with Gasteiger partial charge in [-0.1, -0.05) is 57.3 Å². The predicted octanol–water partition coefficient (Wildman–Crippen LogP) is 4.88. The Morgan fingerprint density at radius 3 is 2.55 bits per heavy atom. The van der Waals surface area contributed by atoms with E-state index in [0.717, 1.165) is 24.8 Å². The van der Waals surface area contributed by atoms with Gasteiger partial charge in [0.05, 0.1) is 30.9 Å². The lowest BCUT2D eigenvalue weighted by Crippen LogP contribution is -2.41. The number of carbonyl (C=O) groups excluding carboxylic acids is 2. The Hall–Kier alpha value is -3.17. The largest absolute Gasteiger partial charge is 0.466 e. The average Bonchev–Trinajstić information content (AvgIpc) is 3.50. The molecule has 3 aromatic rings. The Labute approximate surface area is 239 Å². The molecule has 1 saturated heterocycles. The molecule has 0 spiro atoms. The van der Waals surface area contributed by atoms with E-state index >= 15 is 0 Å². The average molecular weight is 571 g/mol. The van der Waals surface area contributed by atoms with Gasteiger partial charge in [0.2, 0.25) is 5.78 Å². The van der Waals surface area contributed by atoms with Crippen LogP contribution in [0.4, 0.5) is 5.82 Å². The number of aryl methyl sites for hydroxylation is 1. The Morgan fingerprint density at radius 2 is 1.88 bits per heavy atom. The van der Waals surface area contributed by atoms with Crippen LogP contribution in [-0.2, 0) is 20.9 Å².